The van der Waals surface area contributed by atoms with E-state index in [1.807, 2.05) is 16.8 Å². The van der Waals surface area contributed by atoms with Crippen LogP contribution in [0.4, 0.5) is 0 Å². The zero-order valence-electron chi connectivity index (χ0n) is 10.5. The van der Waals surface area contributed by atoms with Crippen molar-refractivity contribution in [2.45, 2.75) is 19.3 Å². The molecule has 2 aromatic heterocycles. The molecule has 2 heterocycles. The van der Waals surface area contributed by atoms with Gasteiger partial charge in [-0.3, -0.25) is 4.79 Å². The monoisotopic (exact) mass is 296 g/mol. The van der Waals surface area contributed by atoms with E-state index in [4.69, 9.17) is 5.11 Å². The van der Waals surface area contributed by atoms with Gasteiger partial charge in [0.05, 0.1) is 12.1 Å². The summed E-state index contributed by atoms with van der Waals surface area (Å²) in [7, 11) is 0. The predicted molar refractivity (Wildman–Crippen MR) is 78.5 cm³/mol. The van der Waals surface area contributed by atoms with Gasteiger partial charge in [-0.2, -0.15) is 11.3 Å². The van der Waals surface area contributed by atoms with E-state index in [1.165, 1.54) is 0 Å². The molecule has 6 heteroatoms. The minimum Gasteiger partial charge on any atom is -0.396 e. The van der Waals surface area contributed by atoms with Crippen molar-refractivity contribution >= 4 is 28.6 Å². The second-order valence-electron chi connectivity index (χ2n) is 4.11. The molecule has 19 heavy (non-hydrogen) atoms. The Balaban J connectivity index is 1.81. The summed E-state index contributed by atoms with van der Waals surface area (Å²) in [6.45, 7) is 0.785. The first-order valence-electron chi connectivity index (χ1n) is 6.14. The fraction of sp³-hybridized carbons (Fsp3) is 0.385. The maximum atomic E-state index is 11.7. The van der Waals surface area contributed by atoms with Crippen LogP contribution in [0.25, 0.3) is 10.6 Å². The summed E-state index contributed by atoms with van der Waals surface area (Å²) in [5, 5.41) is 18.4. The largest absolute Gasteiger partial charge is 0.396 e. The Morgan fingerprint density at radius 1 is 1.37 bits per heavy atom. The standard InChI is InChI=1S/C13H16N2O2S2/c16-5-2-1-4-14-12(17)7-11-9-19-13(15-11)10-3-6-18-8-10/h3,6,8-9,16H,1-2,4-5,7H2,(H,14,17). The molecular formula is C13H16N2O2S2. The number of hydrogen-bond donors (Lipinski definition) is 2. The first-order chi connectivity index (χ1) is 9.29. The Labute approximate surface area is 120 Å². The molecule has 0 spiro atoms. The zero-order chi connectivity index (χ0) is 13.5. The molecular weight excluding hydrogens is 280 g/mol. The third kappa shape index (κ3) is 4.41. The van der Waals surface area contributed by atoms with E-state index < -0.39 is 0 Å². The van der Waals surface area contributed by atoms with Crippen molar-refractivity contribution < 1.29 is 9.90 Å². The lowest BCUT2D eigenvalue weighted by atomic mass is 10.3. The highest BCUT2D eigenvalue weighted by Crippen LogP contribution is 2.25. The molecule has 0 radical (unpaired) electrons. The smallest absolute Gasteiger partial charge is 0.226 e. The van der Waals surface area contributed by atoms with Gasteiger partial charge in [-0.1, -0.05) is 0 Å². The minimum atomic E-state index is -0.0138. The number of thiazole rings is 1. The Hall–Kier alpha value is -1.24. The van der Waals surface area contributed by atoms with Gasteiger partial charge in [0, 0.05) is 29.5 Å². The normalized spacial score (nSPS) is 10.6. The predicted octanol–water partition coefficient (Wildman–Crippen LogP) is 2.30. The molecule has 0 saturated carbocycles. The zero-order valence-corrected chi connectivity index (χ0v) is 12.1. The van der Waals surface area contributed by atoms with Crippen molar-refractivity contribution in [2.24, 2.45) is 0 Å². The van der Waals surface area contributed by atoms with Crippen LogP contribution in [-0.4, -0.2) is 29.1 Å². The third-order valence-corrected chi connectivity index (χ3v) is 4.19. The number of rotatable bonds is 7. The topological polar surface area (TPSA) is 62.2 Å². The number of amides is 1. The van der Waals surface area contributed by atoms with E-state index in [1.54, 1.807) is 22.7 Å². The van der Waals surface area contributed by atoms with Crippen LogP contribution in [0.15, 0.2) is 22.2 Å². The van der Waals surface area contributed by atoms with E-state index in [0.717, 1.165) is 29.1 Å². The molecule has 4 nitrogen and oxygen atoms in total. The van der Waals surface area contributed by atoms with E-state index in [0.29, 0.717) is 13.0 Å². The van der Waals surface area contributed by atoms with Crippen molar-refractivity contribution in [1.29, 1.82) is 0 Å². The van der Waals surface area contributed by atoms with E-state index in [-0.39, 0.29) is 12.5 Å². The Morgan fingerprint density at radius 2 is 2.26 bits per heavy atom. The first-order valence-corrected chi connectivity index (χ1v) is 7.96. The van der Waals surface area contributed by atoms with Crippen LogP contribution >= 0.6 is 22.7 Å². The number of aliphatic hydroxyl groups excluding tert-OH is 1. The van der Waals surface area contributed by atoms with Gasteiger partial charge in [0.25, 0.3) is 0 Å². The van der Waals surface area contributed by atoms with Gasteiger partial charge < -0.3 is 10.4 Å². The fourth-order valence-corrected chi connectivity index (χ4v) is 3.13. The summed E-state index contributed by atoms with van der Waals surface area (Å²) in [5.41, 5.74) is 1.93. The number of unbranched alkanes of at least 4 members (excludes halogenated alkanes) is 1. The number of aliphatic hydroxyl groups is 1. The lowest BCUT2D eigenvalue weighted by Crippen LogP contribution is -2.26. The number of carbonyl (C=O) groups excluding carboxylic acids is 1. The highest BCUT2D eigenvalue weighted by molar-refractivity contribution is 7.14. The van der Waals surface area contributed by atoms with Crippen LogP contribution < -0.4 is 5.32 Å². The van der Waals surface area contributed by atoms with Crippen molar-refractivity contribution in [2.75, 3.05) is 13.2 Å². The van der Waals surface area contributed by atoms with Crippen molar-refractivity contribution in [3.8, 4) is 10.6 Å². The summed E-state index contributed by atoms with van der Waals surface area (Å²) in [6.07, 6.45) is 1.85. The number of aromatic nitrogens is 1. The lowest BCUT2D eigenvalue weighted by molar-refractivity contribution is -0.120. The van der Waals surface area contributed by atoms with Crippen LogP contribution in [0.5, 0.6) is 0 Å². The van der Waals surface area contributed by atoms with Crippen LogP contribution in [0, 0.1) is 0 Å². The first kappa shape index (κ1) is 14.2. The summed E-state index contributed by atoms with van der Waals surface area (Å²) < 4.78 is 0. The van der Waals surface area contributed by atoms with E-state index in [9.17, 15) is 4.79 Å². The van der Waals surface area contributed by atoms with Gasteiger partial charge in [-0.25, -0.2) is 4.98 Å². The summed E-state index contributed by atoms with van der Waals surface area (Å²) in [6, 6.07) is 2.03. The number of thiophene rings is 1. The van der Waals surface area contributed by atoms with Crippen LogP contribution in [-0.2, 0) is 11.2 Å². The average Bonchev–Trinajstić information content (AvgIpc) is 3.04. The van der Waals surface area contributed by atoms with Gasteiger partial charge in [0.2, 0.25) is 5.91 Å². The van der Waals surface area contributed by atoms with Crippen LogP contribution in [0.2, 0.25) is 0 Å². The van der Waals surface area contributed by atoms with Gasteiger partial charge in [-0.05, 0) is 24.3 Å². The molecule has 0 aromatic carbocycles. The fourth-order valence-electron chi connectivity index (χ4n) is 1.60. The molecule has 0 atom stereocenters. The molecule has 0 unspecified atom stereocenters. The molecule has 0 aliphatic rings. The summed E-state index contributed by atoms with van der Waals surface area (Å²) in [4.78, 5) is 16.1. The number of hydrogen-bond acceptors (Lipinski definition) is 5. The van der Waals surface area contributed by atoms with E-state index in [2.05, 4.69) is 15.7 Å². The van der Waals surface area contributed by atoms with Gasteiger partial charge in [-0.15, -0.1) is 11.3 Å². The quantitative estimate of drug-likeness (QED) is 0.771. The maximum absolute atomic E-state index is 11.7. The van der Waals surface area contributed by atoms with Crippen molar-refractivity contribution in [3.05, 3.63) is 27.9 Å². The summed E-state index contributed by atoms with van der Waals surface area (Å²) in [5.74, 6) is -0.0138. The van der Waals surface area contributed by atoms with Gasteiger partial charge in [0.15, 0.2) is 0 Å². The van der Waals surface area contributed by atoms with Gasteiger partial charge in [0.1, 0.15) is 5.01 Å². The molecule has 0 fully saturated rings. The Bertz CT molecular complexity index is 508. The number of nitrogens with one attached hydrogen (secondary N) is 1. The molecule has 2 N–H and O–H groups in total. The summed E-state index contributed by atoms with van der Waals surface area (Å²) >= 11 is 3.20. The molecule has 1 amide bonds. The second-order valence-corrected chi connectivity index (χ2v) is 5.75. The molecule has 0 saturated heterocycles. The second kappa shape index (κ2) is 7.37. The molecule has 0 bridgehead atoms. The molecule has 102 valence electrons. The van der Waals surface area contributed by atoms with E-state index >= 15 is 0 Å². The average molecular weight is 296 g/mol. The highest BCUT2D eigenvalue weighted by atomic mass is 32.1. The molecule has 2 aromatic rings. The Kier molecular flexibility index (Phi) is 5.50. The van der Waals surface area contributed by atoms with Crippen molar-refractivity contribution in [3.63, 3.8) is 0 Å². The number of carbonyl (C=O) groups is 1. The highest BCUT2D eigenvalue weighted by Gasteiger charge is 2.08. The lowest BCUT2D eigenvalue weighted by Gasteiger charge is -2.02. The van der Waals surface area contributed by atoms with Crippen LogP contribution in [0.3, 0.4) is 0 Å². The molecule has 0 aliphatic heterocycles. The SMILES string of the molecule is O=C(Cc1csc(-c2ccsc2)n1)NCCCCO. The number of nitrogens with zero attached hydrogens (tertiary/aromatic N) is 1. The molecule has 2 rings (SSSR count). The van der Waals surface area contributed by atoms with Crippen molar-refractivity contribution in [1.82, 2.24) is 10.3 Å². The Morgan fingerprint density at radius 3 is 3.00 bits per heavy atom. The van der Waals surface area contributed by atoms with Crippen LogP contribution in [0.1, 0.15) is 18.5 Å². The maximum Gasteiger partial charge on any atom is 0.226 e. The minimum absolute atomic E-state index is 0.0138. The van der Waals surface area contributed by atoms with Gasteiger partial charge >= 0.3 is 0 Å². The third-order valence-electron chi connectivity index (χ3n) is 2.57. The molecule has 0 aliphatic carbocycles.